The van der Waals surface area contributed by atoms with E-state index >= 15 is 0 Å². The standard InChI is InChI=1S/C10H9NS/c12-8-9-4-3-7-11-6-2-1-5-10(9)11/h1-6,8H,7H2. The fraction of sp³-hybridized carbons (Fsp3) is 0.100. The van der Waals surface area contributed by atoms with Crippen LogP contribution in [0.25, 0.3) is 0 Å². The van der Waals surface area contributed by atoms with E-state index in [1.807, 2.05) is 12.2 Å². The van der Waals surface area contributed by atoms with Gasteiger partial charge >= 0.3 is 0 Å². The normalized spacial score (nSPS) is 19.8. The second-order valence-corrected chi connectivity index (χ2v) is 2.95. The maximum Gasteiger partial charge on any atom is 0.0490 e. The van der Waals surface area contributed by atoms with E-state index in [1.54, 1.807) is 5.37 Å². The van der Waals surface area contributed by atoms with E-state index < -0.39 is 0 Å². The minimum absolute atomic E-state index is 0.947. The number of rotatable bonds is 1. The van der Waals surface area contributed by atoms with Gasteiger partial charge in [0.1, 0.15) is 0 Å². The van der Waals surface area contributed by atoms with E-state index in [9.17, 15) is 0 Å². The van der Waals surface area contributed by atoms with Crippen molar-refractivity contribution >= 4 is 17.6 Å². The van der Waals surface area contributed by atoms with Crippen molar-refractivity contribution in [3.63, 3.8) is 0 Å². The molecule has 0 spiro atoms. The van der Waals surface area contributed by atoms with Gasteiger partial charge in [0.05, 0.1) is 0 Å². The monoisotopic (exact) mass is 175 g/mol. The lowest BCUT2D eigenvalue weighted by molar-refractivity contribution is 0.521. The average molecular weight is 175 g/mol. The minimum Gasteiger partial charge on any atom is -0.344 e. The molecule has 0 radical (unpaired) electrons. The molecular formula is C10H9NS. The van der Waals surface area contributed by atoms with Gasteiger partial charge in [-0.15, -0.1) is 0 Å². The first-order valence-corrected chi connectivity index (χ1v) is 4.36. The molecular weight excluding hydrogens is 166 g/mol. The SMILES string of the molecule is S=CC1=C2C=CC=CN2CC=C1. The molecule has 0 saturated heterocycles. The van der Waals surface area contributed by atoms with Crippen LogP contribution in [0.5, 0.6) is 0 Å². The Morgan fingerprint density at radius 2 is 2.25 bits per heavy atom. The van der Waals surface area contributed by atoms with Crippen LogP contribution in [-0.2, 0) is 0 Å². The van der Waals surface area contributed by atoms with E-state index in [2.05, 4.69) is 29.3 Å². The Morgan fingerprint density at radius 1 is 1.33 bits per heavy atom. The van der Waals surface area contributed by atoms with Crippen molar-refractivity contribution in [3.8, 4) is 0 Å². The van der Waals surface area contributed by atoms with Gasteiger partial charge in [-0.1, -0.05) is 30.4 Å². The predicted octanol–water partition coefficient (Wildman–Crippen LogP) is 2.20. The molecule has 0 unspecified atom stereocenters. The number of allylic oxidation sites excluding steroid dienone is 5. The molecule has 2 heteroatoms. The van der Waals surface area contributed by atoms with Gasteiger partial charge in [-0.05, 0) is 12.2 Å². The molecule has 0 aromatic carbocycles. The molecule has 2 heterocycles. The molecule has 0 atom stereocenters. The van der Waals surface area contributed by atoms with Crippen LogP contribution in [0.3, 0.4) is 0 Å². The van der Waals surface area contributed by atoms with Gasteiger partial charge in [-0.2, -0.15) is 0 Å². The maximum atomic E-state index is 4.92. The Balaban J connectivity index is 2.46. The van der Waals surface area contributed by atoms with E-state index in [0.29, 0.717) is 0 Å². The van der Waals surface area contributed by atoms with E-state index in [-0.39, 0.29) is 0 Å². The fourth-order valence-electron chi connectivity index (χ4n) is 1.38. The van der Waals surface area contributed by atoms with Crippen molar-refractivity contribution in [2.24, 2.45) is 0 Å². The highest BCUT2D eigenvalue weighted by atomic mass is 32.1. The summed E-state index contributed by atoms with van der Waals surface area (Å²) in [7, 11) is 0. The Bertz CT molecular complexity index is 321. The highest BCUT2D eigenvalue weighted by molar-refractivity contribution is 7.79. The van der Waals surface area contributed by atoms with Gasteiger partial charge < -0.3 is 4.90 Å². The highest BCUT2D eigenvalue weighted by Gasteiger charge is 2.11. The molecule has 1 nitrogen and oxygen atoms in total. The van der Waals surface area contributed by atoms with Crippen molar-refractivity contribution in [1.29, 1.82) is 0 Å². The Kier molecular flexibility index (Phi) is 1.92. The van der Waals surface area contributed by atoms with Crippen LogP contribution in [0.1, 0.15) is 0 Å². The third-order valence-electron chi connectivity index (χ3n) is 1.96. The predicted molar refractivity (Wildman–Crippen MR) is 54.8 cm³/mol. The Labute approximate surface area is 77.4 Å². The van der Waals surface area contributed by atoms with Gasteiger partial charge in [0.15, 0.2) is 0 Å². The summed E-state index contributed by atoms with van der Waals surface area (Å²) in [6.07, 6.45) is 12.4. The lowest BCUT2D eigenvalue weighted by Crippen LogP contribution is -2.21. The number of thiocarbonyl (C=S) groups is 1. The molecule has 0 aliphatic carbocycles. The van der Waals surface area contributed by atoms with Crippen LogP contribution in [0.4, 0.5) is 0 Å². The number of hydrogen-bond acceptors (Lipinski definition) is 2. The quantitative estimate of drug-likeness (QED) is 0.562. The van der Waals surface area contributed by atoms with Crippen LogP contribution in [-0.4, -0.2) is 16.8 Å². The van der Waals surface area contributed by atoms with Crippen molar-refractivity contribution in [1.82, 2.24) is 4.90 Å². The van der Waals surface area contributed by atoms with Gasteiger partial charge in [0.25, 0.3) is 0 Å². The number of hydrogen-bond donors (Lipinski definition) is 0. The van der Waals surface area contributed by atoms with Gasteiger partial charge in [0.2, 0.25) is 0 Å². The van der Waals surface area contributed by atoms with E-state index in [1.165, 1.54) is 5.70 Å². The van der Waals surface area contributed by atoms with Crippen molar-refractivity contribution in [3.05, 3.63) is 47.9 Å². The summed E-state index contributed by atoms with van der Waals surface area (Å²) in [6.45, 7) is 0.947. The number of nitrogens with zero attached hydrogens (tertiary/aromatic N) is 1. The summed E-state index contributed by atoms with van der Waals surface area (Å²) in [5.74, 6) is 0. The molecule has 0 aromatic rings. The van der Waals surface area contributed by atoms with Gasteiger partial charge in [0, 0.05) is 29.4 Å². The van der Waals surface area contributed by atoms with E-state index in [4.69, 9.17) is 12.2 Å². The third kappa shape index (κ3) is 1.14. The molecule has 2 aliphatic rings. The lowest BCUT2D eigenvalue weighted by Gasteiger charge is -2.26. The summed E-state index contributed by atoms with van der Waals surface area (Å²) in [5, 5.41) is 1.72. The third-order valence-corrected chi connectivity index (χ3v) is 2.22. The second kappa shape index (κ2) is 3.07. The first-order chi connectivity index (χ1) is 5.92. The van der Waals surface area contributed by atoms with Crippen LogP contribution >= 0.6 is 12.2 Å². The molecule has 2 aliphatic heterocycles. The summed E-state index contributed by atoms with van der Waals surface area (Å²) >= 11 is 4.92. The van der Waals surface area contributed by atoms with Gasteiger partial charge in [-0.25, -0.2) is 0 Å². The highest BCUT2D eigenvalue weighted by Crippen LogP contribution is 2.20. The largest absolute Gasteiger partial charge is 0.344 e. The van der Waals surface area contributed by atoms with Crippen molar-refractivity contribution in [2.45, 2.75) is 0 Å². The minimum atomic E-state index is 0.947. The maximum absolute atomic E-state index is 4.92. The van der Waals surface area contributed by atoms with Crippen LogP contribution < -0.4 is 0 Å². The molecule has 0 fully saturated rings. The molecule has 0 amide bonds. The molecule has 0 aromatic heterocycles. The zero-order valence-corrected chi connectivity index (χ0v) is 7.42. The van der Waals surface area contributed by atoms with Gasteiger partial charge in [-0.3, -0.25) is 0 Å². The molecule has 12 heavy (non-hydrogen) atoms. The van der Waals surface area contributed by atoms with E-state index in [0.717, 1.165) is 12.1 Å². The summed E-state index contributed by atoms with van der Waals surface area (Å²) in [5.41, 5.74) is 2.33. The Morgan fingerprint density at radius 3 is 3.08 bits per heavy atom. The smallest absolute Gasteiger partial charge is 0.0490 e. The molecule has 0 saturated carbocycles. The first kappa shape index (κ1) is 7.50. The fourth-order valence-corrected chi connectivity index (χ4v) is 1.58. The number of fused-ring (bicyclic) bond motifs is 1. The van der Waals surface area contributed by atoms with Crippen LogP contribution in [0.15, 0.2) is 47.9 Å². The molecule has 60 valence electrons. The van der Waals surface area contributed by atoms with Crippen LogP contribution in [0, 0.1) is 0 Å². The van der Waals surface area contributed by atoms with Crippen molar-refractivity contribution in [2.75, 3.05) is 6.54 Å². The first-order valence-electron chi connectivity index (χ1n) is 3.89. The van der Waals surface area contributed by atoms with Crippen molar-refractivity contribution < 1.29 is 0 Å². The second-order valence-electron chi connectivity index (χ2n) is 2.71. The molecule has 0 bridgehead atoms. The zero-order valence-electron chi connectivity index (χ0n) is 6.60. The summed E-state index contributed by atoms with van der Waals surface area (Å²) < 4.78 is 0. The molecule has 2 rings (SSSR count). The summed E-state index contributed by atoms with van der Waals surface area (Å²) in [4.78, 5) is 2.18. The topological polar surface area (TPSA) is 3.24 Å². The molecule has 0 N–H and O–H groups in total. The zero-order chi connectivity index (χ0) is 8.39. The average Bonchev–Trinajstić information content (AvgIpc) is 2.17. The summed E-state index contributed by atoms with van der Waals surface area (Å²) in [6, 6.07) is 0. The lowest BCUT2D eigenvalue weighted by atomic mass is 10.1. The van der Waals surface area contributed by atoms with Crippen LogP contribution in [0.2, 0.25) is 0 Å². The Hall–Kier alpha value is -1.15.